The second-order valence-corrected chi connectivity index (χ2v) is 17.2. The first kappa shape index (κ1) is 41.1. The Morgan fingerprint density at radius 1 is 0.825 bits per heavy atom. The lowest BCUT2D eigenvalue weighted by Crippen LogP contribution is -2.40. The highest BCUT2D eigenvalue weighted by molar-refractivity contribution is 7.89. The maximum absolute atomic E-state index is 14.4. The molecule has 2 heterocycles. The summed E-state index contributed by atoms with van der Waals surface area (Å²) in [5.74, 6) is 0.560. The molecule has 0 atom stereocenters. The number of Topliss-reactive ketones (excluding diaryl/α,β-unsaturated/α-hetero) is 1. The smallest absolute Gasteiger partial charge is 0.425 e. The minimum atomic E-state index is -4.34. The fourth-order valence-electron chi connectivity index (χ4n) is 7.11. The monoisotopic (exact) mass is 830 g/mol. The van der Waals surface area contributed by atoms with E-state index in [9.17, 15) is 26.2 Å². The molecule has 1 saturated heterocycles. The van der Waals surface area contributed by atoms with E-state index in [1.165, 1.54) is 16.4 Å². The number of carbonyl (C=O) groups excluding carboxylic acids is 1. The molecule has 0 unspecified atom stereocenters. The van der Waals surface area contributed by atoms with Crippen molar-refractivity contribution < 1.29 is 43.2 Å². The van der Waals surface area contributed by atoms with Gasteiger partial charge in [-0.1, -0.05) is 43.3 Å². The molecule has 4 aromatic carbocycles. The molecule has 0 aromatic heterocycles. The molecule has 0 radical (unpaired) electrons. The molecule has 1 fully saturated rings. The lowest BCUT2D eigenvalue weighted by atomic mass is 9.92. The predicted molar refractivity (Wildman–Crippen MR) is 216 cm³/mol. The Kier molecular flexibility index (Phi) is 12.2. The molecule has 0 bridgehead atoms. The molecule has 3 aliphatic rings. The van der Waals surface area contributed by atoms with Gasteiger partial charge in [0, 0.05) is 90.2 Å². The second kappa shape index (κ2) is 16.9. The number of rotatable bonds is 9. The highest BCUT2D eigenvalue weighted by Crippen LogP contribution is 2.44. The van der Waals surface area contributed by atoms with Gasteiger partial charge in [0.1, 0.15) is 24.2 Å². The predicted octanol–water partition coefficient (Wildman–Crippen LogP) is 6.33. The number of anilines is 2. The van der Waals surface area contributed by atoms with Gasteiger partial charge in [-0.15, -0.1) is 12.6 Å². The number of hydrogen-bond donors (Lipinski definition) is 1. The third-order valence-electron chi connectivity index (χ3n) is 10.2. The summed E-state index contributed by atoms with van der Waals surface area (Å²) in [6.07, 6.45) is 1.44. The van der Waals surface area contributed by atoms with Crippen LogP contribution >= 0.6 is 0 Å². The van der Waals surface area contributed by atoms with Crippen LogP contribution in [0.4, 0.5) is 17.1 Å². The number of ketones is 1. The molecular weight excluding hydrogens is 791 g/mol. The molecule has 0 saturated carbocycles. The van der Waals surface area contributed by atoms with Gasteiger partial charge < -0.3 is 9.32 Å². The van der Waals surface area contributed by atoms with Crippen molar-refractivity contribution in [2.45, 2.75) is 36.0 Å². The van der Waals surface area contributed by atoms with Crippen LogP contribution in [-0.4, -0.2) is 71.3 Å². The van der Waals surface area contributed by atoms with E-state index in [2.05, 4.69) is 0 Å². The van der Waals surface area contributed by atoms with Crippen molar-refractivity contribution >= 4 is 64.6 Å². The van der Waals surface area contributed by atoms with E-state index in [0.717, 1.165) is 22.1 Å². The molecule has 0 spiro atoms. The van der Waals surface area contributed by atoms with E-state index in [-0.39, 0.29) is 34.6 Å². The van der Waals surface area contributed by atoms with Crippen LogP contribution in [0, 0.1) is 5.92 Å². The first-order chi connectivity index (χ1) is 27.1. The SMILES string of the molecule is CCC(=O)C1CCN(S(=O)(=O)c2ccccc2-c2c3ccc(=[N+](C)c4ccc(S(=O)(=O)O)cc4)cc-3oc3cc(N(C)c4ccccc4)ccc23)CC1.O=S(=O)=O. The number of sulfonamides is 1. The Morgan fingerprint density at radius 3 is 2.09 bits per heavy atom. The number of nitrogens with zero attached hydrogens (tertiary/aromatic N) is 3. The summed E-state index contributed by atoms with van der Waals surface area (Å²) in [6, 6.07) is 34.4. The summed E-state index contributed by atoms with van der Waals surface area (Å²) in [6.45, 7) is 2.39. The Labute approximate surface area is 332 Å². The van der Waals surface area contributed by atoms with Crippen molar-refractivity contribution in [1.82, 2.24) is 8.88 Å². The summed E-state index contributed by atoms with van der Waals surface area (Å²) in [7, 11) is -7.60. The third-order valence-corrected chi connectivity index (χ3v) is 13.0. The summed E-state index contributed by atoms with van der Waals surface area (Å²) in [5.41, 5.74) is 5.03. The van der Waals surface area contributed by atoms with Gasteiger partial charge in [0.2, 0.25) is 21.1 Å². The second-order valence-electron chi connectivity index (χ2n) is 13.5. The topological polar surface area (TPSA) is 179 Å². The lowest BCUT2D eigenvalue weighted by Gasteiger charge is -2.31. The van der Waals surface area contributed by atoms with Crippen molar-refractivity contribution in [2.75, 3.05) is 32.1 Å². The van der Waals surface area contributed by atoms with Gasteiger partial charge in [0.25, 0.3) is 10.1 Å². The highest BCUT2D eigenvalue weighted by Gasteiger charge is 2.34. The summed E-state index contributed by atoms with van der Waals surface area (Å²) < 4.78 is 96.9. The van der Waals surface area contributed by atoms with E-state index in [0.29, 0.717) is 53.0 Å². The molecule has 296 valence electrons. The van der Waals surface area contributed by atoms with Crippen LogP contribution in [0.2, 0.25) is 0 Å². The zero-order valence-electron chi connectivity index (χ0n) is 31.3. The van der Waals surface area contributed by atoms with Gasteiger partial charge in [-0.3, -0.25) is 9.35 Å². The normalized spacial score (nSPS) is 14.5. The highest BCUT2D eigenvalue weighted by atomic mass is 32.2. The summed E-state index contributed by atoms with van der Waals surface area (Å²) in [4.78, 5) is 14.4. The van der Waals surface area contributed by atoms with Gasteiger partial charge in [-0.2, -0.15) is 17.3 Å². The molecule has 2 aliphatic heterocycles. The zero-order chi connectivity index (χ0) is 41.1. The molecule has 13 nitrogen and oxygen atoms in total. The van der Waals surface area contributed by atoms with Crippen molar-refractivity contribution in [3.63, 3.8) is 0 Å². The zero-order valence-corrected chi connectivity index (χ0v) is 33.7. The van der Waals surface area contributed by atoms with E-state index in [1.54, 1.807) is 24.3 Å². The number of carbonyl (C=O) groups is 1. The molecular formula is C41H40N3O10S3+. The van der Waals surface area contributed by atoms with Crippen LogP contribution in [0.5, 0.6) is 0 Å². The minimum absolute atomic E-state index is 0.124. The maximum Gasteiger partial charge on any atom is 0.425 e. The van der Waals surface area contributed by atoms with Crippen molar-refractivity contribution in [1.29, 1.82) is 0 Å². The fourth-order valence-corrected chi connectivity index (χ4v) is 9.26. The fraction of sp³-hybridized carbons (Fsp3) is 0.220. The summed E-state index contributed by atoms with van der Waals surface area (Å²) in [5, 5.41) is 1.47. The number of para-hydroxylation sites is 1. The Hall–Kier alpha value is -5.52. The number of hydrogen-bond acceptors (Lipinski definition) is 10. The van der Waals surface area contributed by atoms with Crippen molar-refractivity contribution in [3.8, 4) is 22.5 Å². The lowest BCUT2D eigenvalue weighted by molar-refractivity contribution is -0.123. The van der Waals surface area contributed by atoms with E-state index >= 15 is 0 Å². The van der Waals surface area contributed by atoms with Crippen LogP contribution in [0.25, 0.3) is 33.4 Å². The minimum Gasteiger partial charge on any atom is -0.456 e. The average Bonchev–Trinajstić information content (AvgIpc) is 3.21. The van der Waals surface area contributed by atoms with Crippen LogP contribution in [0.1, 0.15) is 26.2 Å². The van der Waals surface area contributed by atoms with Gasteiger partial charge in [-0.25, -0.2) is 8.42 Å². The van der Waals surface area contributed by atoms with Crippen LogP contribution in [0.3, 0.4) is 0 Å². The van der Waals surface area contributed by atoms with Gasteiger partial charge in [0.15, 0.2) is 0 Å². The van der Waals surface area contributed by atoms with Gasteiger partial charge in [0.05, 0.1) is 15.9 Å². The Balaban J connectivity index is 0.00000131. The maximum atomic E-state index is 14.4. The summed E-state index contributed by atoms with van der Waals surface area (Å²) >= 11 is 0. The molecule has 57 heavy (non-hydrogen) atoms. The molecule has 7 rings (SSSR count). The van der Waals surface area contributed by atoms with Crippen molar-refractivity contribution in [2.24, 2.45) is 5.92 Å². The molecule has 4 aromatic rings. The Morgan fingerprint density at radius 2 is 1.46 bits per heavy atom. The van der Waals surface area contributed by atoms with Gasteiger partial charge >= 0.3 is 10.6 Å². The van der Waals surface area contributed by atoms with Crippen LogP contribution in [0.15, 0.2) is 129 Å². The molecule has 1 N–H and O–H groups in total. The van der Waals surface area contributed by atoms with Crippen molar-refractivity contribution in [3.05, 3.63) is 121 Å². The van der Waals surface area contributed by atoms with Crippen LogP contribution in [-0.2, 0) is 35.5 Å². The van der Waals surface area contributed by atoms with E-state index in [1.807, 2.05) is 109 Å². The Bertz CT molecular complexity index is 2830. The third kappa shape index (κ3) is 8.90. The number of benzene rings is 5. The quantitative estimate of drug-likeness (QED) is 0.0978. The molecule has 16 heteroatoms. The average molecular weight is 831 g/mol. The van der Waals surface area contributed by atoms with Gasteiger partial charge in [-0.05, 0) is 61.4 Å². The van der Waals surface area contributed by atoms with E-state index in [4.69, 9.17) is 17.0 Å². The largest absolute Gasteiger partial charge is 0.456 e. The number of fused-ring (bicyclic) bond motifs is 2. The molecule has 0 amide bonds. The van der Waals surface area contributed by atoms with Crippen LogP contribution < -0.4 is 14.8 Å². The van der Waals surface area contributed by atoms with E-state index < -0.39 is 30.8 Å². The number of piperidine rings is 1. The first-order valence-corrected chi connectivity index (χ1v) is 21.8. The molecule has 1 aliphatic carbocycles. The standard InChI is InChI=1S/C41H39N3O7S2.O3S/c1-4-37(45)28-22-24-44(25-23-28)52(46,47)40-13-9-8-12-36(40)41-34-20-16-31(42(2)29-10-6-5-7-11-29)26-38(34)51-39-27-32(17-21-35(39)41)43(3)30-14-18-33(19-15-30)53(48,49)50;1-4(2)3/h5-21,26-28H,4,22-25H2,1-3H3;/p+1. The first-order valence-electron chi connectivity index (χ1n) is 17.9.